The molecular formula is C29H49N2+. The Bertz CT molecular complexity index is 646. The van der Waals surface area contributed by atoms with Gasteiger partial charge in [-0.25, -0.2) is 9.13 Å². The van der Waals surface area contributed by atoms with Gasteiger partial charge in [-0.3, -0.25) is 0 Å². The molecular weight excluding hydrogens is 376 g/mol. The van der Waals surface area contributed by atoms with Gasteiger partial charge in [0, 0.05) is 5.92 Å². The Labute approximate surface area is 193 Å². The molecule has 1 aromatic heterocycles. The topological polar surface area (TPSA) is 8.81 Å². The van der Waals surface area contributed by atoms with Crippen LogP contribution in [0.15, 0.2) is 49.1 Å². The molecule has 0 spiro atoms. The molecule has 0 N–H and O–H groups in total. The predicted octanol–water partition coefficient (Wildman–Crippen LogP) is 8.45. The number of hydrogen-bond acceptors (Lipinski definition) is 0. The highest BCUT2D eigenvalue weighted by molar-refractivity contribution is 5.17. The molecule has 1 aromatic carbocycles. The van der Waals surface area contributed by atoms with Gasteiger partial charge in [0.1, 0.15) is 12.4 Å². The maximum atomic E-state index is 2.36. The Balaban J connectivity index is 1.40. The fourth-order valence-electron chi connectivity index (χ4n) is 4.55. The van der Waals surface area contributed by atoms with E-state index in [2.05, 4.69) is 72.0 Å². The minimum atomic E-state index is 0.549. The van der Waals surface area contributed by atoms with Gasteiger partial charge in [0.25, 0.3) is 0 Å². The van der Waals surface area contributed by atoms with Crippen LogP contribution in [0.3, 0.4) is 0 Å². The summed E-state index contributed by atoms with van der Waals surface area (Å²) in [7, 11) is 0. The van der Waals surface area contributed by atoms with Crippen molar-refractivity contribution in [2.45, 2.75) is 129 Å². The molecule has 0 radical (unpaired) electrons. The summed E-state index contributed by atoms with van der Waals surface area (Å²) in [5.74, 6) is 0.549. The van der Waals surface area contributed by atoms with E-state index in [1.165, 1.54) is 102 Å². The highest BCUT2D eigenvalue weighted by atomic mass is 15.1. The second kappa shape index (κ2) is 17.0. The Morgan fingerprint density at radius 1 is 0.710 bits per heavy atom. The van der Waals surface area contributed by atoms with Crippen molar-refractivity contribution in [1.29, 1.82) is 0 Å². The van der Waals surface area contributed by atoms with Gasteiger partial charge in [-0.2, -0.15) is 0 Å². The largest absolute Gasteiger partial charge is 0.243 e. The first-order chi connectivity index (χ1) is 15.3. The quantitative estimate of drug-likeness (QED) is 0.158. The van der Waals surface area contributed by atoms with E-state index in [9.17, 15) is 0 Å². The van der Waals surface area contributed by atoms with Gasteiger partial charge in [-0.15, -0.1) is 0 Å². The summed E-state index contributed by atoms with van der Waals surface area (Å²) in [6, 6.07) is 10.8. The first kappa shape index (κ1) is 25.7. The molecule has 0 amide bonds. The van der Waals surface area contributed by atoms with Crippen LogP contribution in [-0.4, -0.2) is 4.57 Å². The van der Waals surface area contributed by atoms with Crippen molar-refractivity contribution < 1.29 is 4.57 Å². The van der Waals surface area contributed by atoms with E-state index in [0.29, 0.717) is 5.92 Å². The van der Waals surface area contributed by atoms with Crippen LogP contribution in [0.4, 0.5) is 0 Å². The van der Waals surface area contributed by atoms with Crippen molar-refractivity contribution in [3.05, 3.63) is 54.6 Å². The number of nitrogens with zero attached hydrogens (tertiary/aromatic N) is 2. The van der Waals surface area contributed by atoms with Crippen LogP contribution in [0.5, 0.6) is 0 Å². The molecule has 0 aliphatic carbocycles. The van der Waals surface area contributed by atoms with Crippen molar-refractivity contribution in [3.63, 3.8) is 0 Å². The molecule has 31 heavy (non-hydrogen) atoms. The van der Waals surface area contributed by atoms with Gasteiger partial charge in [0.2, 0.25) is 6.33 Å². The van der Waals surface area contributed by atoms with Gasteiger partial charge in [0.05, 0.1) is 13.1 Å². The maximum absolute atomic E-state index is 2.36. The van der Waals surface area contributed by atoms with Crippen LogP contribution in [0, 0.1) is 0 Å². The molecule has 0 aliphatic heterocycles. The zero-order valence-electron chi connectivity index (χ0n) is 20.6. The first-order valence-corrected chi connectivity index (χ1v) is 13.4. The molecule has 2 nitrogen and oxygen atoms in total. The van der Waals surface area contributed by atoms with Crippen LogP contribution >= 0.6 is 0 Å². The molecule has 0 aliphatic rings. The number of unbranched alkanes of at least 4 members (excludes halogenated alkanes) is 14. The molecule has 2 aromatic rings. The normalized spacial score (nSPS) is 12.3. The lowest BCUT2D eigenvalue weighted by Crippen LogP contribution is -2.33. The molecule has 0 saturated heterocycles. The van der Waals surface area contributed by atoms with Gasteiger partial charge in [0.15, 0.2) is 0 Å². The molecule has 1 atom stereocenters. The van der Waals surface area contributed by atoms with Crippen molar-refractivity contribution in [2.24, 2.45) is 0 Å². The van der Waals surface area contributed by atoms with Crippen molar-refractivity contribution in [3.8, 4) is 0 Å². The smallest absolute Gasteiger partial charge is 0.237 e. The maximum Gasteiger partial charge on any atom is 0.243 e. The lowest BCUT2D eigenvalue weighted by Gasteiger charge is -2.08. The van der Waals surface area contributed by atoms with E-state index in [0.717, 1.165) is 13.1 Å². The number of aromatic nitrogens is 2. The van der Waals surface area contributed by atoms with E-state index in [-0.39, 0.29) is 0 Å². The van der Waals surface area contributed by atoms with Crippen LogP contribution < -0.4 is 4.57 Å². The lowest BCUT2D eigenvalue weighted by molar-refractivity contribution is -0.698. The highest BCUT2D eigenvalue weighted by Gasteiger charge is 2.10. The molecule has 0 fully saturated rings. The molecule has 2 rings (SSSR count). The van der Waals surface area contributed by atoms with Crippen LogP contribution in [0.25, 0.3) is 0 Å². The summed E-state index contributed by atoms with van der Waals surface area (Å²) in [6.45, 7) is 6.82. The number of benzene rings is 1. The average Bonchev–Trinajstić information content (AvgIpc) is 3.24. The third-order valence-corrected chi connectivity index (χ3v) is 6.62. The Kier molecular flexibility index (Phi) is 14.1. The first-order valence-electron chi connectivity index (χ1n) is 13.4. The van der Waals surface area contributed by atoms with E-state index >= 15 is 0 Å². The van der Waals surface area contributed by atoms with Crippen LogP contribution in [-0.2, 0) is 13.1 Å². The number of hydrogen-bond donors (Lipinski definition) is 0. The Morgan fingerprint density at radius 3 is 1.77 bits per heavy atom. The SMILES string of the molecule is CCCCCCCCCCCCCCCCCn1cc[n+](CC(C)c2ccccc2)c1. The third kappa shape index (κ3) is 12.1. The Morgan fingerprint density at radius 2 is 1.23 bits per heavy atom. The predicted molar refractivity (Wildman–Crippen MR) is 134 cm³/mol. The van der Waals surface area contributed by atoms with Crippen molar-refractivity contribution in [2.75, 3.05) is 0 Å². The van der Waals surface area contributed by atoms with Crippen LogP contribution in [0.1, 0.15) is 122 Å². The van der Waals surface area contributed by atoms with Gasteiger partial charge in [-0.05, 0) is 18.4 Å². The van der Waals surface area contributed by atoms with Crippen molar-refractivity contribution in [1.82, 2.24) is 4.57 Å². The summed E-state index contributed by atoms with van der Waals surface area (Å²) in [6.07, 6.45) is 28.2. The second-order valence-corrected chi connectivity index (χ2v) is 9.61. The summed E-state index contributed by atoms with van der Waals surface area (Å²) in [5.41, 5.74) is 1.42. The minimum absolute atomic E-state index is 0.549. The number of rotatable bonds is 19. The van der Waals surface area contributed by atoms with Gasteiger partial charge < -0.3 is 0 Å². The molecule has 1 heterocycles. The zero-order chi connectivity index (χ0) is 22.0. The monoisotopic (exact) mass is 425 g/mol. The van der Waals surface area contributed by atoms with Gasteiger partial charge in [-0.1, -0.05) is 128 Å². The fourth-order valence-corrected chi connectivity index (χ4v) is 4.55. The van der Waals surface area contributed by atoms with E-state index in [1.54, 1.807) is 0 Å². The molecule has 2 heteroatoms. The molecule has 1 unspecified atom stereocenters. The van der Waals surface area contributed by atoms with Crippen LogP contribution in [0.2, 0.25) is 0 Å². The number of imidazole rings is 1. The Hall–Kier alpha value is -1.57. The average molecular weight is 426 g/mol. The third-order valence-electron chi connectivity index (χ3n) is 6.62. The summed E-state index contributed by atoms with van der Waals surface area (Å²) in [5, 5.41) is 0. The molecule has 174 valence electrons. The molecule has 0 bridgehead atoms. The number of aryl methyl sites for hydroxylation is 1. The molecule has 0 saturated carbocycles. The van der Waals surface area contributed by atoms with E-state index < -0.39 is 0 Å². The van der Waals surface area contributed by atoms with Crippen molar-refractivity contribution >= 4 is 0 Å². The standard InChI is InChI=1S/C29H49N2/c1-3-4-5-6-7-8-9-10-11-12-13-14-15-16-20-23-30-24-25-31(27-30)26-28(2)29-21-18-17-19-22-29/h17-19,21-22,24-25,27-28H,3-16,20,23,26H2,1-2H3/q+1. The summed E-state index contributed by atoms with van der Waals surface area (Å²) in [4.78, 5) is 0. The summed E-state index contributed by atoms with van der Waals surface area (Å²) >= 11 is 0. The lowest BCUT2D eigenvalue weighted by atomic mass is 10.0. The van der Waals surface area contributed by atoms with Gasteiger partial charge >= 0.3 is 0 Å². The summed E-state index contributed by atoms with van der Waals surface area (Å²) < 4.78 is 4.70. The zero-order valence-corrected chi connectivity index (χ0v) is 20.6. The minimum Gasteiger partial charge on any atom is -0.237 e. The fraction of sp³-hybridized carbons (Fsp3) is 0.690. The second-order valence-electron chi connectivity index (χ2n) is 9.61. The highest BCUT2D eigenvalue weighted by Crippen LogP contribution is 2.15. The van der Waals surface area contributed by atoms with E-state index in [4.69, 9.17) is 0 Å². The van der Waals surface area contributed by atoms with E-state index in [1.807, 2.05) is 0 Å².